The number of nitro groups is 1. The van der Waals surface area contributed by atoms with Gasteiger partial charge in [0, 0.05) is 16.6 Å². The Morgan fingerprint density at radius 3 is 2.62 bits per heavy atom. The molecule has 2 atom stereocenters. The van der Waals surface area contributed by atoms with Gasteiger partial charge in [0.05, 0.1) is 20.4 Å². The molecule has 0 fully saturated rings. The van der Waals surface area contributed by atoms with E-state index in [9.17, 15) is 10.1 Å². The Morgan fingerprint density at radius 1 is 1.21 bits per heavy atom. The van der Waals surface area contributed by atoms with Gasteiger partial charge in [-0.15, -0.1) is 0 Å². The van der Waals surface area contributed by atoms with Gasteiger partial charge in [-0.1, -0.05) is 12.1 Å². The third kappa shape index (κ3) is 3.28. The molecule has 7 nitrogen and oxygen atoms in total. The fraction of sp³-hybridized carbons (Fsp3) is 0.312. The van der Waals surface area contributed by atoms with Crippen LogP contribution in [0.5, 0.6) is 11.5 Å². The van der Waals surface area contributed by atoms with Gasteiger partial charge in [-0.25, -0.2) is 4.57 Å². The quantitative estimate of drug-likeness (QED) is 0.400. The van der Waals surface area contributed by atoms with Crippen molar-refractivity contribution in [2.75, 3.05) is 19.5 Å². The Bertz CT molecular complexity index is 741. The molecule has 2 heterocycles. The number of ether oxygens (including phenoxy) is 2. The molecule has 1 aliphatic heterocycles. The number of nitrogens with zero attached hydrogens (tertiary/aromatic N) is 2. The molecule has 1 aromatic heterocycles. The number of hydrogen-bond acceptors (Lipinski definition) is 5. The zero-order chi connectivity index (χ0) is 16.4. The summed E-state index contributed by atoms with van der Waals surface area (Å²) in [6.45, 7) is 0.315. The molecule has 0 radical (unpaired) electrons. The fourth-order valence-corrected chi connectivity index (χ4v) is 2.87. The Hall–Kier alpha value is -2.35. The molecule has 1 aliphatic rings. The van der Waals surface area contributed by atoms with Crippen LogP contribution in [0.3, 0.4) is 0 Å². The first kappa shape index (κ1) is 18.0. The van der Waals surface area contributed by atoms with E-state index in [2.05, 4.69) is 5.32 Å². The molecular weight excluding hydrogens is 378 g/mol. The summed E-state index contributed by atoms with van der Waals surface area (Å²) in [4.78, 5) is 11.3. The second-order valence-corrected chi connectivity index (χ2v) is 5.33. The smallest absolute Gasteiger partial charge is 0.293 e. The van der Waals surface area contributed by atoms with Crippen LogP contribution in [0.25, 0.3) is 0 Å². The number of methoxy groups -OCH3 is 2. The highest BCUT2D eigenvalue weighted by Crippen LogP contribution is 2.33. The van der Waals surface area contributed by atoms with Crippen LogP contribution in [0.1, 0.15) is 11.6 Å². The van der Waals surface area contributed by atoms with E-state index < -0.39 is 12.1 Å². The number of aromatic nitrogens is 1. The van der Waals surface area contributed by atoms with Crippen LogP contribution in [-0.4, -0.2) is 25.2 Å². The Labute approximate surface area is 150 Å². The van der Waals surface area contributed by atoms with Crippen molar-refractivity contribution in [2.45, 2.75) is 18.6 Å². The molecule has 128 valence electrons. The average molecular weight is 396 g/mol. The standard InChI is InChI=1S/C16H17N3O4.BrH/c1-22-13-7-6-11(9-14(13)23-2)16-12(19(20)21)10-18-8-4-3-5-15(18)17-16;/h3-9,12,16H,10H2,1-2H3;1H/t12-,16+;/m0./s1. The Kier molecular flexibility index (Phi) is 5.61. The number of halogens is 1. The predicted molar refractivity (Wildman–Crippen MR) is 83.3 cm³/mol. The van der Waals surface area contributed by atoms with Crippen molar-refractivity contribution < 1.29 is 35.9 Å². The maximum absolute atomic E-state index is 11.5. The zero-order valence-corrected chi connectivity index (χ0v) is 14.9. The van der Waals surface area contributed by atoms with E-state index >= 15 is 0 Å². The van der Waals surface area contributed by atoms with Gasteiger partial charge >= 0.3 is 0 Å². The van der Waals surface area contributed by atoms with E-state index in [-0.39, 0.29) is 21.9 Å². The molecule has 1 N–H and O–H groups in total. The van der Waals surface area contributed by atoms with Crippen molar-refractivity contribution in [3.63, 3.8) is 0 Å². The number of hydrogen-bond donors (Lipinski definition) is 1. The van der Waals surface area contributed by atoms with Crippen molar-refractivity contribution >= 4 is 5.82 Å². The zero-order valence-electron chi connectivity index (χ0n) is 13.3. The van der Waals surface area contributed by atoms with Crippen molar-refractivity contribution in [1.82, 2.24) is 0 Å². The first-order valence-electron chi connectivity index (χ1n) is 7.24. The number of fused-ring (bicyclic) bond motifs is 1. The summed E-state index contributed by atoms with van der Waals surface area (Å²) in [5.41, 5.74) is 0.791. The minimum atomic E-state index is -0.770. The van der Waals surface area contributed by atoms with Crippen LogP contribution in [0, 0.1) is 10.1 Å². The molecule has 0 saturated carbocycles. The molecular formula is C16H18BrN3O4. The second kappa shape index (κ2) is 7.48. The van der Waals surface area contributed by atoms with Crippen LogP contribution in [0.15, 0.2) is 42.6 Å². The molecule has 8 heteroatoms. The first-order valence-corrected chi connectivity index (χ1v) is 7.24. The normalized spacial score (nSPS) is 18.6. The molecule has 0 saturated heterocycles. The summed E-state index contributed by atoms with van der Waals surface area (Å²) in [6, 6.07) is 9.83. The highest BCUT2D eigenvalue weighted by molar-refractivity contribution is 5.46. The van der Waals surface area contributed by atoms with E-state index in [4.69, 9.17) is 9.47 Å². The summed E-state index contributed by atoms with van der Waals surface area (Å²) in [5, 5.41) is 14.8. The average Bonchev–Trinajstić information content (AvgIpc) is 2.59. The van der Waals surface area contributed by atoms with Crippen LogP contribution in [-0.2, 0) is 6.54 Å². The molecule has 2 aromatic rings. The third-order valence-corrected chi connectivity index (χ3v) is 4.05. The van der Waals surface area contributed by atoms with Gasteiger partial charge in [0.25, 0.3) is 11.9 Å². The summed E-state index contributed by atoms with van der Waals surface area (Å²) < 4.78 is 12.4. The molecule has 1 aromatic carbocycles. The number of nitrogens with one attached hydrogen (secondary N) is 1. The van der Waals surface area contributed by atoms with Gasteiger partial charge in [-0.3, -0.25) is 15.4 Å². The fourth-order valence-electron chi connectivity index (χ4n) is 2.87. The van der Waals surface area contributed by atoms with Crippen LogP contribution >= 0.6 is 0 Å². The predicted octanol–water partition coefficient (Wildman–Crippen LogP) is -1.19. The summed E-state index contributed by atoms with van der Waals surface area (Å²) in [7, 11) is 3.11. The molecule has 0 amide bonds. The van der Waals surface area contributed by atoms with E-state index in [0.717, 1.165) is 11.4 Å². The van der Waals surface area contributed by atoms with Crippen molar-refractivity contribution in [3.05, 3.63) is 58.3 Å². The maximum atomic E-state index is 11.5. The van der Waals surface area contributed by atoms with Gasteiger partial charge in [-0.2, -0.15) is 0 Å². The van der Waals surface area contributed by atoms with E-state index in [1.807, 2.05) is 35.0 Å². The third-order valence-electron chi connectivity index (χ3n) is 4.05. The lowest BCUT2D eigenvalue weighted by atomic mass is 9.97. The highest BCUT2D eigenvalue weighted by atomic mass is 79.9. The lowest BCUT2D eigenvalue weighted by Crippen LogP contribution is -3.00. The van der Waals surface area contributed by atoms with E-state index in [1.165, 1.54) is 0 Å². The first-order chi connectivity index (χ1) is 11.1. The number of benzene rings is 1. The van der Waals surface area contributed by atoms with Gasteiger partial charge in [-0.05, 0) is 18.2 Å². The van der Waals surface area contributed by atoms with E-state index in [1.54, 1.807) is 26.4 Å². The number of anilines is 1. The topological polar surface area (TPSA) is 77.5 Å². The SMILES string of the molecule is COc1ccc([C@H]2Nc3cccc[n+]3C[C@@H]2[N+](=O)[O-])cc1OC.[Br-]. The van der Waals surface area contributed by atoms with Gasteiger partial charge in [0.2, 0.25) is 0 Å². The Morgan fingerprint density at radius 2 is 1.96 bits per heavy atom. The lowest BCUT2D eigenvalue weighted by molar-refractivity contribution is -0.727. The van der Waals surface area contributed by atoms with Crippen molar-refractivity contribution in [1.29, 1.82) is 0 Å². The van der Waals surface area contributed by atoms with Crippen molar-refractivity contribution in [2.24, 2.45) is 0 Å². The molecule has 3 rings (SSSR count). The van der Waals surface area contributed by atoms with Crippen LogP contribution < -0.4 is 36.3 Å². The van der Waals surface area contributed by atoms with Crippen LogP contribution in [0.4, 0.5) is 5.82 Å². The van der Waals surface area contributed by atoms with Gasteiger partial charge in [0.15, 0.2) is 24.1 Å². The molecule has 0 spiro atoms. The van der Waals surface area contributed by atoms with Crippen molar-refractivity contribution in [3.8, 4) is 11.5 Å². The second-order valence-electron chi connectivity index (χ2n) is 5.33. The summed E-state index contributed by atoms with van der Waals surface area (Å²) in [5.74, 6) is 2.00. The maximum Gasteiger partial charge on any atom is 0.293 e. The highest BCUT2D eigenvalue weighted by Gasteiger charge is 2.43. The monoisotopic (exact) mass is 395 g/mol. The minimum Gasteiger partial charge on any atom is -1.00 e. The minimum absolute atomic E-state index is 0. The summed E-state index contributed by atoms with van der Waals surface area (Å²) >= 11 is 0. The Balaban J connectivity index is 0.00000208. The van der Waals surface area contributed by atoms with E-state index in [0.29, 0.717) is 18.0 Å². The lowest BCUT2D eigenvalue weighted by Gasteiger charge is -2.24. The largest absolute Gasteiger partial charge is 1.00 e. The molecule has 24 heavy (non-hydrogen) atoms. The number of pyridine rings is 1. The van der Waals surface area contributed by atoms with Crippen LogP contribution in [0.2, 0.25) is 0 Å². The van der Waals surface area contributed by atoms with Gasteiger partial charge < -0.3 is 26.5 Å². The summed E-state index contributed by atoms with van der Waals surface area (Å²) in [6.07, 6.45) is 1.84. The molecule has 0 bridgehead atoms. The molecule has 0 aliphatic carbocycles. The number of rotatable bonds is 4. The molecule has 0 unspecified atom stereocenters. The van der Waals surface area contributed by atoms with Gasteiger partial charge in [0.1, 0.15) is 0 Å².